The van der Waals surface area contributed by atoms with Gasteiger partial charge in [-0.1, -0.05) is 152 Å². The third kappa shape index (κ3) is 33.2. The minimum absolute atomic E-state index is 0.125. The van der Waals surface area contributed by atoms with Crippen LogP contribution in [0.4, 0.5) is 0 Å². The molecule has 3 atom stereocenters. The van der Waals surface area contributed by atoms with Gasteiger partial charge in [0.2, 0.25) is 0 Å². The molecule has 0 radical (unpaired) electrons. The summed E-state index contributed by atoms with van der Waals surface area (Å²) < 4.78 is 10.2. The Morgan fingerprint density at radius 3 is 1.54 bits per heavy atom. The van der Waals surface area contributed by atoms with Crippen molar-refractivity contribution in [3.63, 3.8) is 0 Å². The van der Waals surface area contributed by atoms with Crippen molar-refractivity contribution in [2.24, 2.45) is 0 Å². The zero-order valence-electron chi connectivity index (χ0n) is 29.3. The fraction of sp³-hybridized carbons (Fsp3) is 0.744. The molecule has 7 heteroatoms. The maximum atomic E-state index is 11.9. The zero-order valence-corrected chi connectivity index (χ0v) is 29.3. The van der Waals surface area contributed by atoms with Crippen LogP contribution in [0.2, 0.25) is 0 Å². The Labute approximate surface area is 281 Å². The highest BCUT2D eigenvalue weighted by Crippen LogP contribution is 2.13. The molecule has 0 heterocycles. The number of allylic oxidation sites excluding steroid dienone is 5. The van der Waals surface area contributed by atoms with Gasteiger partial charge in [0, 0.05) is 12.8 Å². The smallest absolute Gasteiger partial charge is 0.305 e. The van der Waals surface area contributed by atoms with Crippen molar-refractivity contribution in [2.75, 3.05) is 13.2 Å². The molecule has 0 aliphatic heterocycles. The lowest BCUT2D eigenvalue weighted by Crippen LogP contribution is -2.25. The molecule has 0 aromatic carbocycles. The topological polar surface area (TPSA) is 113 Å². The average Bonchev–Trinajstić information content (AvgIpc) is 3.04. The minimum Gasteiger partial charge on any atom is -0.463 e. The fourth-order valence-corrected chi connectivity index (χ4v) is 4.87. The molecule has 3 N–H and O–H groups in total. The summed E-state index contributed by atoms with van der Waals surface area (Å²) in [6.07, 6.45) is 35.1. The number of unbranched alkanes of at least 4 members (excludes halogenated alkanes) is 15. The van der Waals surface area contributed by atoms with E-state index in [1.165, 1.54) is 83.5 Å². The largest absolute Gasteiger partial charge is 0.463 e. The van der Waals surface area contributed by atoms with Crippen LogP contribution in [-0.2, 0) is 19.1 Å². The summed E-state index contributed by atoms with van der Waals surface area (Å²) in [7, 11) is 0. The van der Waals surface area contributed by atoms with Crippen LogP contribution in [0.1, 0.15) is 155 Å². The van der Waals surface area contributed by atoms with Crippen LogP contribution < -0.4 is 0 Å². The van der Waals surface area contributed by atoms with E-state index in [0.717, 1.165) is 25.7 Å². The summed E-state index contributed by atoms with van der Waals surface area (Å²) >= 11 is 0. The van der Waals surface area contributed by atoms with Gasteiger partial charge in [-0.15, -0.1) is 0 Å². The molecule has 7 nitrogen and oxygen atoms in total. The van der Waals surface area contributed by atoms with E-state index in [-0.39, 0.29) is 25.6 Å². The van der Waals surface area contributed by atoms with E-state index in [4.69, 9.17) is 9.47 Å². The summed E-state index contributed by atoms with van der Waals surface area (Å²) in [5, 5.41) is 30.0. The highest BCUT2D eigenvalue weighted by atomic mass is 16.6. The van der Waals surface area contributed by atoms with E-state index in [0.29, 0.717) is 25.7 Å². The molecular formula is C39H68O7. The maximum Gasteiger partial charge on any atom is 0.305 e. The standard InChI is InChI=1S/C39H68O7/c1-3-5-7-9-11-12-13-14-15-16-17-19-25-31-38(43)45-33-37(42)34-46-39(44)32-26-30-36(41)29-24-21-20-23-28-35(40)27-22-18-10-8-6-4-2/h18,20-24,28-29,35-37,40-42H,3-17,19,25-27,30-34H2,1-2H3/b21-20+,22-18-,28-23+,29-24-/t35-,36-,37+/m1/s1. The van der Waals surface area contributed by atoms with E-state index >= 15 is 0 Å². The Morgan fingerprint density at radius 1 is 0.543 bits per heavy atom. The molecule has 0 fully saturated rings. The Hall–Kier alpha value is -2.22. The van der Waals surface area contributed by atoms with Crippen LogP contribution >= 0.6 is 0 Å². The van der Waals surface area contributed by atoms with Crippen molar-refractivity contribution >= 4 is 11.9 Å². The number of hydrogen-bond donors (Lipinski definition) is 3. The number of esters is 2. The second-order valence-corrected chi connectivity index (χ2v) is 12.4. The van der Waals surface area contributed by atoms with Crippen molar-refractivity contribution in [1.82, 2.24) is 0 Å². The Morgan fingerprint density at radius 2 is 1.00 bits per heavy atom. The maximum absolute atomic E-state index is 11.9. The molecule has 0 aromatic heterocycles. The monoisotopic (exact) mass is 648 g/mol. The summed E-state index contributed by atoms with van der Waals surface area (Å²) in [5.41, 5.74) is 0. The molecule has 0 aliphatic carbocycles. The average molecular weight is 649 g/mol. The van der Waals surface area contributed by atoms with Gasteiger partial charge in [0.1, 0.15) is 19.3 Å². The number of ether oxygens (including phenoxy) is 2. The quantitative estimate of drug-likeness (QED) is 0.0289. The Bertz CT molecular complexity index is 817. The predicted molar refractivity (Wildman–Crippen MR) is 189 cm³/mol. The summed E-state index contributed by atoms with van der Waals surface area (Å²) in [6, 6.07) is 0. The zero-order chi connectivity index (χ0) is 33.9. The van der Waals surface area contributed by atoms with Gasteiger partial charge >= 0.3 is 11.9 Å². The van der Waals surface area contributed by atoms with Crippen LogP contribution in [0.25, 0.3) is 0 Å². The third-order valence-corrected chi connectivity index (χ3v) is 7.76. The number of aliphatic hydroxyl groups is 3. The van der Waals surface area contributed by atoms with E-state index < -0.39 is 24.3 Å². The molecule has 0 bridgehead atoms. The van der Waals surface area contributed by atoms with E-state index in [2.05, 4.69) is 19.9 Å². The number of rotatable bonds is 32. The molecule has 0 aliphatic rings. The van der Waals surface area contributed by atoms with E-state index in [1.807, 2.05) is 6.08 Å². The molecule has 0 saturated carbocycles. The number of carbonyl (C=O) groups excluding carboxylic acids is 2. The highest BCUT2D eigenvalue weighted by molar-refractivity contribution is 5.69. The molecule has 0 unspecified atom stereocenters. The first kappa shape index (κ1) is 43.8. The molecule has 0 amide bonds. The molecule has 0 saturated heterocycles. The first-order chi connectivity index (χ1) is 22.4. The van der Waals surface area contributed by atoms with Crippen LogP contribution in [-0.4, -0.2) is 58.8 Å². The van der Waals surface area contributed by atoms with Gasteiger partial charge in [-0.3, -0.25) is 9.59 Å². The van der Waals surface area contributed by atoms with Crippen molar-refractivity contribution in [2.45, 2.75) is 173 Å². The SMILES string of the molecule is CCCCC/C=C\C[C@@H](O)/C=C/C=C/C=C\[C@@H](O)CCCC(=O)OC[C@@H](O)COC(=O)CCCCCCCCCCCCCCC. The van der Waals surface area contributed by atoms with Crippen LogP contribution in [0.5, 0.6) is 0 Å². The molecule has 46 heavy (non-hydrogen) atoms. The Balaban J connectivity index is 3.74. The van der Waals surface area contributed by atoms with Crippen molar-refractivity contribution in [3.05, 3.63) is 48.6 Å². The molecule has 0 spiro atoms. The Kier molecular flexibility index (Phi) is 32.5. The lowest BCUT2D eigenvalue weighted by molar-refractivity contribution is -0.152. The van der Waals surface area contributed by atoms with Crippen molar-refractivity contribution in [3.8, 4) is 0 Å². The van der Waals surface area contributed by atoms with Gasteiger partial charge in [0.15, 0.2) is 0 Å². The van der Waals surface area contributed by atoms with Gasteiger partial charge in [0.05, 0.1) is 12.2 Å². The number of carbonyl (C=O) groups is 2. The van der Waals surface area contributed by atoms with Crippen molar-refractivity contribution in [1.29, 1.82) is 0 Å². The van der Waals surface area contributed by atoms with Gasteiger partial charge in [-0.25, -0.2) is 0 Å². The lowest BCUT2D eigenvalue weighted by Gasteiger charge is -2.12. The molecule has 0 rings (SSSR count). The van der Waals surface area contributed by atoms with Gasteiger partial charge in [-0.2, -0.15) is 0 Å². The normalized spacial score (nSPS) is 14.1. The number of aliphatic hydroxyl groups excluding tert-OH is 3. The fourth-order valence-electron chi connectivity index (χ4n) is 4.87. The molecular weight excluding hydrogens is 580 g/mol. The van der Waals surface area contributed by atoms with Crippen molar-refractivity contribution < 1.29 is 34.4 Å². The van der Waals surface area contributed by atoms with Gasteiger partial charge < -0.3 is 24.8 Å². The van der Waals surface area contributed by atoms with Gasteiger partial charge in [0.25, 0.3) is 0 Å². The summed E-state index contributed by atoms with van der Waals surface area (Å²) in [6.45, 7) is 4.01. The van der Waals surface area contributed by atoms with Crippen LogP contribution in [0.3, 0.4) is 0 Å². The molecule has 0 aromatic rings. The predicted octanol–water partition coefficient (Wildman–Crippen LogP) is 9.00. The second-order valence-electron chi connectivity index (χ2n) is 12.4. The van der Waals surface area contributed by atoms with Crippen LogP contribution in [0, 0.1) is 0 Å². The minimum atomic E-state index is -1.05. The second kappa shape index (κ2) is 34.1. The third-order valence-electron chi connectivity index (χ3n) is 7.76. The lowest BCUT2D eigenvalue weighted by atomic mass is 10.0. The summed E-state index contributed by atoms with van der Waals surface area (Å²) in [5.74, 6) is -0.798. The highest BCUT2D eigenvalue weighted by Gasteiger charge is 2.12. The van der Waals surface area contributed by atoms with E-state index in [9.17, 15) is 24.9 Å². The number of hydrogen-bond acceptors (Lipinski definition) is 7. The first-order valence-corrected chi connectivity index (χ1v) is 18.4. The van der Waals surface area contributed by atoms with Crippen LogP contribution in [0.15, 0.2) is 48.6 Å². The van der Waals surface area contributed by atoms with E-state index in [1.54, 1.807) is 36.5 Å². The first-order valence-electron chi connectivity index (χ1n) is 18.4. The summed E-state index contributed by atoms with van der Waals surface area (Å²) in [4.78, 5) is 23.9. The van der Waals surface area contributed by atoms with Gasteiger partial charge in [-0.05, 0) is 38.5 Å². The molecule has 266 valence electrons.